The van der Waals surface area contributed by atoms with Crippen LogP contribution in [0.25, 0.3) is 0 Å². The highest BCUT2D eigenvalue weighted by Crippen LogP contribution is 2.28. The maximum absolute atomic E-state index is 12.0. The van der Waals surface area contributed by atoms with Gasteiger partial charge in [-0.1, -0.05) is 25.4 Å². The Morgan fingerprint density at radius 3 is 2.76 bits per heavy atom. The fourth-order valence-electron chi connectivity index (χ4n) is 3.25. The number of piperidine rings is 1. The van der Waals surface area contributed by atoms with Gasteiger partial charge in [0.1, 0.15) is 5.82 Å². The molecule has 1 aliphatic heterocycles. The first-order valence-corrected chi connectivity index (χ1v) is 10.0. The zero-order valence-corrected chi connectivity index (χ0v) is 16.3. The molecule has 25 heavy (non-hydrogen) atoms. The molecule has 0 unspecified atom stereocenters. The molecule has 1 N–H and O–H groups in total. The summed E-state index contributed by atoms with van der Waals surface area (Å²) in [5.41, 5.74) is 0. The Kier molecular flexibility index (Phi) is 6.15. The minimum absolute atomic E-state index is 0.0590. The summed E-state index contributed by atoms with van der Waals surface area (Å²) < 4.78 is 2.83. The summed E-state index contributed by atoms with van der Waals surface area (Å²) in [4.78, 5) is 15.8. The van der Waals surface area contributed by atoms with Gasteiger partial charge in [-0.2, -0.15) is 5.10 Å². The third-order valence-corrected chi connectivity index (χ3v) is 5.66. The number of hydrogen-bond donors (Lipinski definition) is 1. The van der Waals surface area contributed by atoms with Crippen LogP contribution in [0.4, 0.5) is 5.82 Å². The van der Waals surface area contributed by atoms with Crippen molar-refractivity contribution in [1.29, 1.82) is 0 Å². The van der Waals surface area contributed by atoms with Crippen LogP contribution in [-0.2, 0) is 11.3 Å². The van der Waals surface area contributed by atoms with Crippen molar-refractivity contribution >= 4 is 34.7 Å². The van der Waals surface area contributed by atoms with Crippen molar-refractivity contribution in [2.24, 2.45) is 5.92 Å². The molecule has 0 bridgehead atoms. The van der Waals surface area contributed by atoms with E-state index < -0.39 is 0 Å². The van der Waals surface area contributed by atoms with Crippen molar-refractivity contribution in [1.82, 2.24) is 14.7 Å². The number of rotatable bonds is 6. The Hall–Kier alpha value is -1.37. The van der Waals surface area contributed by atoms with Gasteiger partial charge in [0.2, 0.25) is 5.91 Å². The standard InChI is InChI=1S/C18H25ClN4OS/c1-13(2)11-18(24)21-17-5-8-20-23(17)14-6-9-22(10-7-14)12-15-3-4-16(19)25-15/h3-5,8,13-14H,6-7,9-12H2,1-2H3,(H,21,24). The van der Waals surface area contributed by atoms with E-state index in [0.717, 1.165) is 42.6 Å². The molecule has 3 heterocycles. The maximum Gasteiger partial charge on any atom is 0.225 e. The molecule has 2 aromatic rings. The number of amides is 1. The molecule has 0 spiro atoms. The van der Waals surface area contributed by atoms with Crippen LogP contribution in [0.2, 0.25) is 4.34 Å². The molecule has 0 radical (unpaired) electrons. The number of nitrogens with one attached hydrogen (secondary N) is 1. The number of anilines is 1. The molecule has 3 rings (SSSR count). The molecule has 1 fully saturated rings. The molecule has 1 saturated heterocycles. The largest absolute Gasteiger partial charge is 0.311 e. The topological polar surface area (TPSA) is 50.2 Å². The second-order valence-electron chi connectivity index (χ2n) is 7.02. The van der Waals surface area contributed by atoms with E-state index in [4.69, 9.17) is 11.6 Å². The van der Waals surface area contributed by atoms with Crippen LogP contribution in [0.5, 0.6) is 0 Å². The number of likely N-dealkylation sites (tertiary alicyclic amines) is 1. The van der Waals surface area contributed by atoms with Gasteiger partial charge in [-0.05, 0) is 30.9 Å². The zero-order chi connectivity index (χ0) is 17.8. The first-order chi connectivity index (χ1) is 12.0. The smallest absolute Gasteiger partial charge is 0.225 e. The van der Waals surface area contributed by atoms with Gasteiger partial charge in [-0.3, -0.25) is 9.69 Å². The van der Waals surface area contributed by atoms with Gasteiger partial charge in [0.25, 0.3) is 0 Å². The summed E-state index contributed by atoms with van der Waals surface area (Å²) in [6.45, 7) is 7.11. The highest BCUT2D eigenvalue weighted by Gasteiger charge is 2.23. The van der Waals surface area contributed by atoms with Crippen molar-refractivity contribution in [3.8, 4) is 0 Å². The number of thiophene rings is 1. The van der Waals surface area contributed by atoms with Gasteiger partial charge < -0.3 is 5.32 Å². The van der Waals surface area contributed by atoms with Crippen molar-refractivity contribution in [2.45, 2.75) is 45.7 Å². The third-order valence-electron chi connectivity index (χ3n) is 4.44. The molecule has 5 nitrogen and oxygen atoms in total. The number of halogens is 1. The van der Waals surface area contributed by atoms with Crippen molar-refractivity contribution in [3.05, 3.63) is 33.6 Å². The number of hydrogen-bond acceptors (Lipinski definition) is 4. The van der Waals surface area contributed by atoms with Crippen molar-refractivity contribution < 1.29 is 4.79 Å². The Morgan fingerprint density at radius 1 is 1.36 bits per heavy atom. The second-order valence-corrected chi connectivity index (χ2v) is 8.82. The molecule has 136 valence electrons. The predicted octanol–water partition coefficient (Wildman–Crippen LogP) is 4.42. The van der Waals surface area contributed by atoms with E-state index in [1.807, 2.05) is 30.7 Å². The molecule has 0 atom stereocenters. The average molecular weight is 381 g/mol. The Morgan fingerprint density at radius 2 is 2.12 bits per heavy atom. The molecule has 0 aliphatic carbocycles. The van der Waals surface area contributed by atoms with Gasteiger partial charge in [0, 0.05) is 37.0 Å². The predicted molar refractivity (Wildman–Crippen MR) is 103 cm³/mol. The first-order valence-electron chi connectivity index (χ1n) is 8.81. The van der Waals surface area contributed by atoms with Crippen LogP contribution in [0.1, 0.15) is 44.0 Å². The van der Waals surface area contributed by atoms with Gasteiger partial charge >= 0.3 is 0 Å². The van der Waals surface area contributed by atoms with Gasteiger partial charge in [-0.25, -0.2) is 4.68 Å². The van der Waals surface area contributed by atoms with Crippen molar-refractivity contribution in [2.75, 3.05) is 18.4 Å². The van der Waals surface area contributed by atoms with E-state index in [9.17, 15) is 4.79 Å². The second kappa shape index (κ2) is 8.34. The van der Waals surface area contributed by atoms with E-state index in [-0.39, 0.29) is 5.91 Å². The van der Waals surface area contributed by atoms with Gasteiger partial charge in [-0.15, -0.1) is 11.3 Å². The van der Waals surface area contributed by atoms with E-state index in [1.165, 1.54) is 4.88 Å². The summed E-state index contributed by atoms with van der Waals surface area (Å²) in [7, 11) is 0. The van der Waals surface area contributed by atoms with E-state index in [2.05, 4.69) is 21.4 Å². The molecule has 0 saturated carbocycles. The summed E-state index contributed by atoms with van der Waals surface area (Å²) in [6.07, 6.45) is 4.37. The lowest BCUT2D eigenvalue weighted by Gasteiger charge is -2.32. The molecule has 0 aromatic carbocycles. The molecule has 1 amide bonds. The number of aromatic nitrogens is 2. The zero-order valence-electron chi connectivity index (χ0n) is 14.7. The molecular formula is C18H25ClN4OS. The van der Waals surface area contributed by atoms with E-state index >= 15 is 0 Å². The van der Waals surface area contributed by atoms with Crippen LogP contribution in [0.15, 0.2) is 24.4 Å². The lowest BCUT2D eigenvalue weighted by Crippen LogP contribution is -2.34. The Labute approximate surface area is 158 Å². The quantitative estimate of drug-likeness (QED) is 0.806. The maximum atomic E-state index is 12.0. The Balaban J connectivity index is 1.54. The minimum Gasteiger partial charge on any atom is -0.311 e. The molecule has 2 aromatic heterocycles. The van der Waals surface area contributed by atoms with Crippen LogP contribution in [0, 0.1) is 5.92 Å². The highest BCUT2D eigenvalue weighted by atomic mass is 35.5. The fourth-order valence-corrected chi connectivity index (χ4v) is 4.38. The molecule has 7 heteroatoms. The summed E-state index contributed by atoms with van der Waals surface area (Å²) in [6, 6.07) is 6.30. The Bertz CT molecular complexity index is 704. The minimum atomic E-state index is 0.0590. The number of carbonyl (C=O) groups excluding carboxylic acids is 1. The molecular weight excluding hydrogens is 356 g/mol. The highest BCUT2D eigenvalue weighted by molar-refractivity contribution is 7.16. The van der Waals surface area contributed by atoms with Gasteiger partial charge in [0.15, 0.2) is 0 Å². The monoisotopic (exact) mass is 380 g/mol. The number of carbonyl (C=O) groups is 1. The van der Waals surface area contributed by atoms with Crippen LogP contribution in [0.3, 0.4) is 0 Å². The SMILES string of the molecule is CC(C)CC(=O)Nc1ccnn1C1CCN(Cc2ccc(Cl)s2)CC1. The summed E-state index contributed by atoms with van der Waals surface area (Å²) in [5.74, 6) is 1.23. The number of nitrogens with zero attached hydrogens (tertiary/aromatic N) is 3. The summed E-state index contributed by atoms with van der Waals surface area (Å²) in [5, 5.41) is 7.46. The average Bonchev–Trinajstić information content (AvgIpc) is 3.16. The third kappa shape index (κ3) is 5.06. The van der Waals surface area contributed by atoms with Gasteiger partial charge in [0.05, 0.1) is 16.6 Å². The lowest BCUT2D eigenvalue weighted by molar-refractivity contribution is -0.116. The van der Waals surface area contributed by atoms with Crippen LogP contribution < -0.4 is 5.32 Å². The van der Waals surface area contributed by atoms with Crippen molar-refractivity contribution in [3.63, 3.8) is 0 Å². The van der Waals surface area contributed by atoms with E-state index in [1.54, 1.807) is 17.5 Å². The molecule has 1 aliphatic rings. The van der Waals surface area contributed by atoms with Crippen LogP contribution >= 0.6 is 22.9 Å². The fraction of sp³-hybridized carbons (Fsp3) is 0.556. The van der Waals surface area contributed by atoms with E-state index in [0.29, 0.717) is 18.4 Å². The lowest BCUT2D eigenvalue weighted by atomic mass is 10.1. The first kappa shape index (κ1) is 18.4. The normalized spacial score (nSPS) is 16.5. The summed E-state index contributed by atoms with van der Waals surface area (Å²) >= 11 is 7.67. The van der Waals surface area contributed by atoms with Crippen LogP contribution in [-0.4, -0.2) is 33.7 Å².